The maximum absolute atomic E-state index is 12.6. The Hall–Kier alpha value is -1.88. The zero-order chi connectivity index (χ0) is 15.9. The Bertz CT molecular complexity index is 582. The minimum atomic E-state index is -1.07. The average Bonchev–Trinajstić information content (AvgIpc) is 3.24. The van der Waals surface area contributed by atoms with Gasteiger partial charge < -0.3 is 15.1 Å². The van der Waals surface area contributed by atoms with Crippen LogP contribution < -0.4 is 0 Å². The van der Waals surface area contributed by atoms with E-state index in [4.69, 9.17) is 0 Å². The molecular weight excluding hydrogens is 282 g/mol. The van der Waals surface area contributed by atoms with E-state index in [1.807, 2.05) is 37.3 Å². The third-order valence-corrected chi connectivity index (χ3v) is 5.35. The van der Waals surface area contributed by atoms with Gasteiger partial charge in [-0.25, -0.2) is 0 Å². The highest BCUT2D eigenvalue weighted by molar-refractivity contribution is 5.99. The molecule has 1 amide bonds. The molecule has 5 heteroatoms. The van der Waals surface area contributed by atoms with Crippen molar-refractivity contribution < 1.29 is 19.8 Å². The minimum absolute atomic E-state index is 0.0394. The van der Waals surface area contributed by atoms with Crippen molar-refractivity contribution in [2.75, 3.05) is 13.2 Å². The summed E-state index contributed by atoms with van der Waals surface area (Å²) in [6.07, 6.45) is 1.61. The fourth-order valence-corrected chi connectivity index (χ4v) is 3.65. The standard InChI is InChI=1S/C17H21NO4/c1-11(12-5-3-2-4-6-12)18-9-13(17(10-19)7-8-17)14(15(18)20)16(21)22/h2-6,11,13-14,19H,7-10H2,1H3,(H,21,22)/t11-,13+,14?/m0/s1. The number of amides is 1. The summed E-state index contributed by atoms with van der Waals surface area (Å²) >= 11 is 0. The molecule has 1 aliphatic carbocycles. The largest absolute Gasteiger partial charge is 0.481 e. The van der Waals surface area contributed by atoms with Crippen molar-refractivity contribution in [2.45, 2.75) is 25.8 Å². The summed E-state index contributed by atoms with van der Waals surface area (Å²) in [7, 11) is 0. The van der Waals surface area contributed by atoms with Gasteiger partial charge in [-0.2, -0.15) is 0 Å². The highest BCUT2D eigenvalue weighted by Gasteiger charge is 2.60. The van der Waals surface area contributed by atoms with Crippen molar-refractivity contribution in [1.29, 1.82) is 0 Å². The molecule has 118 valence electrons. The molecule has 1 unspecified atom stereocenters. The molecule has 0 radical (unpaired) electrons. The van der Waals surface area contributed by atoms with E-state index in [9.17, 15) is 19.8 Å². The average molecular weight is 303 g/mol. The highest BCUT2D eigenvalue weighted by Crippen LogP contribution is 2.56. The Kier molecular flexibility index (Phi) is 3.68. The third-order valence-electron chi connectivity index (χ3n) is 5.35. The molecule has 1 aliphatic heterocycles. The predicted octanol–water partition coefficient (Wildman–Crippen LogP) is 1.68. The number of benzene rings is 1. The van der Waals surface area contributed by atoms with Crippen molar-refractivity contribution in [3.63, 3.8) is 0 Å². The molecule has 3 atom stereocenters. The molecule has 0 spiro atoms. The first kappa shape index (κ1) is 15.0. The number of carboxylic acids is 1. The summed E-state index contributed by atoms with van der Waals surface area (Å²) in [5, 5.41) is 19.1. The molecule has 3 rings (SSSR count). The second-order valence-electron chi connectivity index (χ2n) is 6.52. The van der Waals surface area contributed by atoms with Crippen molar-refractivity contribution in [1.82, 2.24) is 4.90 Å². The summed E-state index contributed by atoms with van der Waals surface area (Å²) < 4.78 is 0. The molecule has 1 saturated heterocycles. The third kappa shape index (κ3) is 2.29. The molecule has 1 aromatic carbocycles. The molecular formula is C17H21NO4. The van der Waals surface area contributed by atoms with Crippen molar-refractivity contribution in [3.05, 3.63) is 35.9 Å². The van der Waals surface area contributed by atoms with Gasteiger partial charge in [-0.3, -0.25) is 9.59 Å². The lowest BCUT2D eigenvalue weighted by atomic mass is 9.81. The maximum atomic E-state index is 12.6. The van der Waals surface area contributed by atoms with Gasteiger partial charge in [0.2, 0.25) is 5.91 Å². The van der Waals surface area contributed by atoms with Crippen LogP contribution in [0.3, 0.4) is 0 Å². The van der Waals surface area contributed by atoms with Gasteiger partial charge in [0.15, 0.2) is 0 Å². The Morgan fingerprint density at radius 3 is 2.50 bits per heavy atom. The molecule has 2 aliphatic rings. The van der Waals surface area contributed by atoms with E-state index in [2.05, 4.69) is 0 Å². The maximum Gasteiger partial charge on any atom is 0.316 e. The van der Waals surface area contributed by atoms with Gasteiger partial charge in [0.25, 0.3) is 0 Å². The van der Waals surface area contributed by atoms with E-state index < -0.39 is 11.9 Å². The topological polar surface area (TPSA) is 77.8 Å². The molecule has 1 saturated carbocycles. The molecule has 5 nitrogen and oxygen atoms in total. The predicted molar refractivity (Wildman–Crippen MR) is 79.9 cm³/mol. The van der Waals surface area contributed by atoms with E-state index in [1.54, 1.807) is 4.90 Å². The summed E-state index contributed by atoms with van der Waals surface area (Å²) in [5.41, 5.74) is 0.624. The molecule has 0 aromatic heterocycles. The zero-order valence-electron chi connectivity index (χ0n) is 12.6. The first-order chi connectivity index (χ1) is 10.5. The number of aliphatic hydroxyl groups is 1. The van der Waals surface area contributed by atoms with Crippen molar-refractivity contribution in [3.8, 4) is 0 Å². The Morgan fingerprint density at radius 1 is 1.36 bits per heavy atom. The number of likely N-dealkylation sites (tertiary alicyclic amines) is 1. The summed E-state index contributed by atoms with van der Waals surface area (Å²) in [6, 6.07) is 9.47. The number of carbonyl (C=O) groups excluding carboxylic acids is 1. The number of nitrogens with zero attached hydrogens (tertiary/aromatic N) is 1. The van der Waals surface area contributed by atoms with Gasteiger partial charge in [-0.1, -0.05) is 30.3 Å². The number of carboxylic acid groups (broad SMARTS) is 1. The van der Waals surface area contributed by atoms with Crippen LogP contribution >= 0.6 is 0 Å². The van der Waals surface area contributed by atoms with Crippen LogP contribution in [0.1, 0.15) is 31.4 Å². The second-order valence-corrected chi connectivity index (χ2v) is 6.52. The lowest BCUT2D eigenvalue weighted by molar-refractivity contribution is -0.150. The number of aliphatic carboxylic acids is 1. The van der Waals surface area contributed by atoms with Gasteiger partial charge in [0, 0.05) is 19.1 Å². The van der Waals surface area contributed by atoms with E-state index in [0.29, 0.717) is 6.54 Å². The van der Waals surface area contributed by atoms with Crippen LogP contribution in [-0.2, 0) is 9.59 Å². The van der Waals surface area contributed by atoms with Crippen LogP contribution in [0.5, 0.6) is 0 Å². The molecule has 0 bridgehead atoms. The first-order valence-corrected chi connectivity index (χ1v) is 7.69. The second kappa shape index (κ2) is 5.39. The number of rotatable bonds is 5. The fraction of sp³-hybridized carbons (Fsp3) is 0.529. The summed E-state index contributed by atoms with van der Waals surface area (Å²) in [4.78, 5) is 25.9. The van der Waals surface area contributed by atoms with Gasteiger partial charge in [0.05, 0.1) is 6.04 Å². The smallest absolute Gasteiger partial charge is 0.316 e. The summed E-state index contributed by atoms with van der Waals surface area (Å²) in [5.74, 6) is -2.72. The Balaban J connectivity index is 1.88. The number of aliphatic hydroxyl groups excluding tert-OH is 1. The molecule has 1 heterocycles. The molecule has 2 N–H and O–H groups in total. The lowest BCUT2D eigenvalue weighted by Gasteiger charge is -2.26. The van der Waals surface area contributed by atoms with Gasteiger partial charge in [-0.05, 0) is 30.7 Å². The van der Waals surface area contributed by atoms with Gasteiger partial charge >= 0.3 is 5.97 Å². The van der Waals surface area contributed by atoms with Crippen molar-refractivity contribution >= 4 is 11.9 Å². The van der Waals surface area contributed by atoms with E-state index >= 15 is 0 Å². The normalized spacial score (nSPS) is 27.7. The Labute approximate surface area is 129 Å². The minimum Gasteiger partial charge on any atom is -0.481 e. The van der Waals surface area contributed by atoms with E-state index in [0.717, 1.165) is 18.4 Å². The fourth-order valence-electron chi connectivity index (χ4n) is 3.65. The molecule has 2 fully saturated rings. The molecule has 22 heavy (non-hydrogen) atoms. The SMILES string of the molecule is C[C@@H](c1ccccc1)N1C[C@@H](C2(CO)CC2)C(C(=O)O)C1=O. The number of hydrogen-bond acceptors (Lipinski definition) is 3. The van der Waals surface area contributed by atoms with Crippen LogP contribution in [0.2, 0.25) is 0 Å². The van der Waals surface area contributed by atoms with E-state index in [-0.39, 0.29) is 29.9 Å². The number of hydrogen-bond donors (Lipinski definition) is 2. The van der Waals surface area contributed by atoms with Crippen LogP contribution in [-0.4, -0.2) is 40.1 Å². The van der Waals surface area contributed by atoms with Crippen LogP contribution in [0.25, 0.3) is 0 Å². The van der Waals surface area contributed by atoms with Crippen LogP contribution in [0.15, 0.2) is 30.3 Å². The quantitative estimate of drug-likeness (QED) is 0.811. The highest BCUT2D eigenvalue weighted by atomic mass is 16.4. The van der Waals surface area contributed by atoms with Gasteiger partial charge in [-0.15, -0.1) is 0 Å². The Morgan fingerprint density at radius 2 is 2.00 bits per heavy atom. The monoisotopic (exact) mass is 303 g/mol. The molecule has 1 aromatic rings. The van der Waals surface area contributed by atoms with Crippen LogP contribution in [0.4, 0.5) is 0 Å². The van der Waals surface area contributed by atoms with Gasteiger partial charge in [0.1, 0.15) is 5.92 Å². The lowest BCUT2D eigenvalue weighted by Crippen LogP contribution is -2.34. The van der Waals surface area contributed by atoms with Crippen molar-refractivity contribution in [2.24, 2.45) is 17.3 Å². The summed E-state index contributed by atoms with van der Waals surface area (Å²) in [6.45, 7) is 2.29. The van der Waals surface area contributed by atoms with Crippen LogP contribution in [0, 0.1) is 17.3 Å². The first-order valence-electron chi connectivity index (χ1n) is 7.69. The zero-order valence-corrected chi connectivity index (χ0v) is 12.6. The van der Waals surface area contributed by atoms with E-state index in [1.165, 1.54) is 0 Å². The number of carbonyl (C=O) groups is 2.